The smallest absolute Gasteiger partial charge is 0.213 e. The van der Waals surface area contributed by atoms with E-state index in [1.165, 1.54) is 29.1 Å². The number of thiophene rings is 4. The average Bonchev–Trinajstić information content (AvgIpc) is 3.67. The molecule has 166 valence electrons. The molecule has 0 aliphatic heterocycles. The molecule has 33 heavy (non-hydrogen) atoms. The molecule has 0 bridgehead atoms. The van der Waals surface area contributed by atoms with E-state index >= 15 is 0 Å². The molecule has 7 heteroatoms. The monoisotopic (exact) mass is 578 g/mol. The van der Waals surface area contributed by atoms with Crippen molar-refractivity contribution < 1.29 is 17.1 Å². The van der Waals surface area contributed by atoms with Crippen LogP contribution in [0.3, 0.4) is 0 Å². The van der Waals surface area contributed by atoms with E-state index in [-0.39, 0.29) is 32.9 Å². The van der Waals surface area contributed by atoms with Crippen LogP contribution in [0.5, 0.6) is 0 Å². The summed E-state index contributed by atoms with van der Waals surface area (Å²) in [6, 6.07) is 35.1. The quantitative estimate of drug-likeness (QED) is 0.0908. The zero-order valence-corrected chi connectivity index (χ0v) is 23.6. The van der Waals surface area contributed by atoms with Crippen molar-refractivity contribution in [3.05, 3.63) is 119 Å². The molecule has 0 aliphatic carbocycles. The summed E-state index contributed by atoms with van der Waals surface area (Å²) in [7, 11) is -0.596. The van der Waals surface area contributed by atoms with Gasteiger partial charge in [-0.15, -0.1) is 34.9 Å². The largest absolute Gasteiger partial charge is 2.00 e. The fourth-order valence-electron chi connectivity index (χ4n) is 3.34. The summed E-state index contributed by atoms with van der Waals surface area (Å²) >= 11 is 7.45. The molecule has 0 saturated heterocycles. The van der Waals surface area contributed by atoms with Crippen LogP contribution in [0.2, 0.25) is 0 Å². The van der Waals surface area contributed by atoms with Crippen LogP contribution in [0.4, 0.5) is 0 Å². The van der Waals surface area contributed by atoms with Crippen LogP contribution in [0.15, 0.2) is 119 Å². The molecule has 4 heterocycles. The first kappa shape index (κ1) is 25.0. The Morgan fingerprint density at radius 1 is 0.515 bits per heavy atom. The van der Waals surface area contributed by atoms with Crippen molar-refractivity contribution in [3.63, 3.8) is 0 Å². The minimum Gasteiger partial charge on any atom is -0.213 e. The molecule has 0 aliphatic rings. The molecule has 2 aromatic carbocycles. The van der Waals surface area contributed by atoms with Gasteiger partial charge >= 0.3 is 17.1 Å². The second-order valence-electron chi connectivity index (χ2n) is 6.76. The Hall–Kier alpha value is -1.12. The second kappa shape index (κ2) is 12.5. The van der Waals surface area contributed by atoms with Gasteiger partial charge in [-0.05, 0) is 15.8 Å². The SMILES string of the molecule is [Fe+2].c1c[cH-]c(P([c-]2ccc[s+]2)[c-]2ccc[s+]2)c1.c1c[cH-]c(P([c-]2ccc[s+]2)[c-]2ccc[s+]2)c1. The number of rotatable bonds is 6. The van der Waals surface area contributed by atoms with Crippen LogP contribution in [-0.4, -0.2) is 0 Å². The van der Waals surface area contributed by atoms with E-state index in [0.29, 0.717) is 0 Å². The van der Waals surface area contributed by atoms with E-state index in [1.54, 1.807) is 0 Å². The van der Waals surface area contributed by atoms with Crippen molar-refractivity contribution in [1.29, 1.82) is 0 Å². The number of hydrogen-bond donors (Lipinski definition) is 0. The van der Waals surface area contributed by atoms with Gasteiger partial charge in [0.2, 0.25) is 0 Å². The Bertz CT molecular complexity index is 987. The average molecular weight is 579 g/mol. The Labute approximate surface area is 224 Å². The van der Waals surface area contributed by atoms with Crippen LogP contribution in [0.1, 0.15) is 0 Å². The third kappa shape index (κ3) is 6.12. The molecule has 6 aromatic rings. The van der Waals surface area contributed by atoms with Crippen molar-refractivity contribution in [2.24, 2.45) is 0 Å². The third-order valence-electron chi connectivity index (χ3n) is 4.71. The summed E-state index contributed by atoms with van der Waals surface area (Å²) in [6.45, 7) is 0. The standard InChI is InChI=1S/2C13H10PS2.Fe/c2*1-2-6-11(5-1)14(12-7-3-9-15-12)13-8-4-10-16-13;/h2*1-10H;/q2*-1;+2. The van der Waals surface area contributed by atoms with Gasteiger partial charge in [0, 0.05) is 21.5 Å². The molecule has 0 unspecified atom stereocenters. The first-order valence-electron chi connectivity index (χ1n) is 10.1. The summed E-state index contributed by atoms with van der Waals surface area (Å²) in [4.78, 5) is 0. The Morgan fingerprint density at radius 2 is 0.848 bits per heavy atom. The molecule has 0 nitrogen and oxygen atoms in total. The van der Waals surface area contributed by atoms with Crippen molar-refractivity contribution in [3.8, 4) is 0 Å². The van der Waals surface area contributed by atoms with E-state index < -0.39 is 0 Å². The van der Waals surface area contributed by atoms with E-state index in [4.69, 9.17) is 0 Å². The van der Waals surface area contributed by atoms with Crippen LogP contribution in [0, 0.1) is 0 Å². The molecule has 6 rings (SSSR count). The van der Waals surface area contributed by atoms with Gasteiger partial charge < -0.3 is 0 Å². The molecule has 0 spiro atoms. The Balaban J connectivity index is 0.000000152. The van der Waals surface area contributed by atoms with Gasteiger partial charge in [0.25, 0.3) is 0 Å². The maximum absolute atomic E-state index is 2.25. The molecular weight excluding hydrogens is 558 g/mol. The minimum absolute atomic E-state index is 0. The molecular formula is C26H20FeP2S4. The molecule has 4 aromatic heterocycles. The van der Waals surface area contributed by atoms with E-state index in [9.17, 15) is 0 Å². The van der Waals surface area contributed by atoms with Gasteiger partial charge in [-0.1, -0.05) is 0 Å². The summed E-state index contributed by atoms with van der Waals surface area (Å²) in [6.07, 6.45) is 0. The predicted molar refractivity (Wildman–Crippen MR) is 153 cm³/mol. The number of hydrogen-bond acceptors (Lipinski definition) is 0. The summed E-state index contributed by atoms with van der Waals surface area (Å²) in [5.74, 6) is 0. The molecule has 0 N–H and O–H groups in total. The van der Waals surface area contributed by atoms with E-state index in [0.717, 1.165) is 0 Å². The van der Waals surface area contributed by atoms with Gasteiger partial charge in [0.05, 0.1) is 45.3 Å². The Kier molecular flexibility index (Phi) is 9.50. The Morgan fingerprint density at radius 3 is 1.06 bits per heavy atom. The summed E-state index contributed by atoms with van der Waals surface area (Å²) < 4.78 is 5.96. The van der Waals surface area contributed by atoms with Crippen LogP contribution in [-0.2, 0) is 17.1 Å². The van der Waals surface area contributed by atoms with E-state index in [2.05, 4.69) is 119 Å². The molecule has 0 radical (unpaired) electrons. The third-order valence-corrected chi connectivity index (χ3v) is 14.8. The minimum atomic E-state index is -0.298. The van der Waals surface area contributed by atoms with Gasteiger partial charge in [-0.2, -0.15) is 48.5 Å². The van der Waals surface area contributed by atoms with Crippen molar-refractivity contribution >= 4 is 90.3 Å². The fraction of sp³-hybridized carbons (Fsp3) is 0. The predicted octanol–water partition coefficient (Wildman–Crippen LogP) is 6.57. The van der Waals surface area contributed by atoms with Crippen molar-refractivity contribution in [2.75, 3.05) is 0 Å². The van der Waals surface area contributed by atoms with Crippen LogP contribution in [0.25, 0.3) is 0 Å². The van der Waals surface area contributed by atoms with Crippen molar-refractivity contribution in [1.82, 2.24) is 0 Å². The maximum atomic E-state index is 2.25. The second-order valence-corrected chi connectivity index (χ2v) is 16.1. The maximum Gasteiger partial charge on any atom is 2.00 e. The molecule has 0 amide bonds. The van der Waals surface area contributed by atoms with Crippen LogP contribution < -0.4 is 29.1 Å². The van der Waals surface area contributed by atoms with Gasteiger partial charge in [0.1, 0.15) is 18.5 Å². The summed E-state index contributed by atoms with van der Waals surface area (Å²) in [5, 5.41) is 11.6. The van der Waals surface area contributed by atoms with Gasteiger partial charge in [-0.25, -0.2) is 24.3 Å². The molecule has 0 saturated carbocycles. The zero-order chi connectivity index (χ0) is 21.6. The van der Waals surface area contributed by atoms with Crippen LogP contribution >= 0.6 is 61.2 Å². The van der Waals surface area contributed by atoms with Gasteiger partial charge in [-0.3, -0.25) is 0 Å². The molecule has 0 fully saturated rings. The topological polar surface area (TPSA) is 0 Å². The fourth-order valence-corrected chi connectivity index (χ4v) is 13.7. The normalized spacial score (nSPS) is 10.7. The zero-order valence-electron chi connectivity index (χ0n) is 17.4. The first-order valence-corrected chi connectivity index (χ1v) is 16.3. The van der Waals surface area contributed by atoms with Crippen molar-refractivity contribution in [2.45, 2.75) is 0 Å². The van der Waals surface area contributed by atoms with Gasteiger partial charge in [0.15, 0.2) is 0 Å². The van der Waals surface area contributed by atoms with E-state index in [1.807, 2.05) is 45.3 Å². The molecule has 0 atom stereocenters. The summed E-state index contributed by atoms with van der Waals surface area (Å²) in [5.41, 5.74) is 0. The first-order chi connectivity index (χ1) is 15.9.